The summed E-state index contributed by atoms with van der Waals surface area (Å²) in [5, 5.41) is 10.7. The minimum absolute atomic E-state index is 0.123. The van der Waals surface area contributed by atoms with Crippen LogP contribution in [0.1, 0.15) is 16.1 Å². The van der Waals surface area contributed by atoms with Crippen molar-refractivity contribution >= 4 is 17.4 Å². The van der Waals surface area contributed by atoms with E-state index in [0.717, 1.165) is 38.5 Å². The predicted molar refractivity (Wildman–Crippen MR) is 110 cm³/mol. The van der Waals surface area contributed by atoms with Crippen molar-refractivity contribution in [1.82, 2.24) is 15.1 Å². The normalized spacial score (nSPS) is 14.6. The van der Waals surface area contributed by atoms with Crippen molar-refractivity contribution in [2.75, 3.05) is 36.4 Å². The molecular formula is C22H22FN5O. The Balaban J connectivity index is 1.33. The molecule has 0 radical (unpaired) electrons. The van der Waals surface area contributed by atoms with E-state index in [1.54, 1.807) is 24.3 Å². The number of aromatic nitrogens is 2. The summed E-state index contributed by atoms with van der Waals surface area (Å²) in [7, 11) is 0. The van der Waals surface area contributed by atoms with Crippen molar-refractivity contribution in [2.24, 2.45) is 0 Å². The molecule has 1 aliphatic heterocycles. The highest BCUT2D eigenvalue weighted by Crippen LogP contribution is 2.16. The molecule has 1 N–H and O–H groups in total. The van der Waals surface area contributed by atoms with Crippen LogP contribution in [-0.2, 0) is 6.54 Å². The highest BCUT2D eigenvalue weighted by Gasteiger charge is 2.19. The Morgan fingerprint density at radius 2 is 1.62 bits per heavy atom. The lowest BCUT2D eigenvalue weighted by Crippen LogP contribution is -2.46. The fraction of sp³-hybridized carbons (Fsp3) is 0.227. The topological polar surface area (TPSA) is 61.4 Å². The van der Waals surface area contributed by atoms with E-state index in [0.29, 0.717) is 0 Å². The lowest BCUT2D eigenvalue weighted by molar-refractivity contribution is 0.102. The van der Waals surface area contributed by atoms with Gasteiger partial charge in [0.25, 0.3) is 5.91 Å². The van der Waals surface area contributed by atoms with E-state index < -0.39 is 11.7 Å². The molecule has 1 saturated heterocycles. The van der Waals surface area contributed by atoms with Gasteiger partial charge in [0.1, 0.15) is 5.82 Å². The third-order valence-corrected chi connectivity index (χ3v) is 4.95. The Morgan fingerprint density at radius 1 is 0.897 bits per heavy atom. The second-order valence-corrected chi connectivity index (χ2v) is 6.96. The molecule has 0 atom stereocenters. The Morgan fingerprint density at radius 3 is 2.31 bits per heavy atom. The van der Waals surface area contributed by atoms with Crippen molar-refractivity contribution < 1.29 is 9.18 Å². The number of nitrogens with zero attached hydrogens (tertiary/aromatic N) is 4. The van der Waals surface area contributed by atoms with E-state index in [2.05, 4.69) is 49.6 Å². The molecule has 0 aliphatic carbocycles. The number of nitrogens with one attached hydrogen (secondary N) is 1. The minimum Gasteiger partial charge on any atom is -0.353 e. The van der Waals surface area contributed by atoms with Gasteiger partial charge in [-0.15, -0.1) is 10.2 Å². The molecule has 1 fully saturated rings. The third-order valence-electron chi connectivity index (χ3n) is 4.95. The predicted octanol–water partition coefficient (Wildman–Crippen LogP) is 3.19. The summed E-state index contributed by atoms with van der Waals surface area (Å²) in [6, 6.07) is 19.9. The van der Waals surface area contributed by atoms with Crippen molar-refractivity contribution in [3.63, 3.8) is 0 Å². The van der Waals surface area contributed by atoms with Crippen LogP contribution < -0.4 is 10.2 Å². The maximum absolute atomic E-state index is 13.7. The van der Waals surface area contributed by atoms with E-state index in [1.165, 1.54) is 17.7 Å². The summed E-state index contributed by atoms with van der Waals surface area (Å²) in [5.41, 5.74) is 1.59. The zero-order valence-corrected chi connectivity index (χ0v) is 16.0. The molecule has 29 heavy (non-hydrogen) atoms. The number of carbonyl (C=O) groups excluding carboxylic acids is 1. The lowest BCUT2D eigenvalue weighted by Gasteiger charge is -2.35. The number of carbonyl (C=O) groups is 1. The molecule has 0 saturated carbocycles. The number of anilines is 2. The van der Waals surface area contributed by atoms with E-state index in [-0.39, 0.29) is 11.4 Å². The number of piperazine rings is 1. The van der Waals surface area contributed by atoms with Crippen LogP contribution >= 0.6 is 0 Å². The fourth-order valence-electron chi connectivity index (χ4n) is 3.34. The Bertz CT molecular complexity index is 956. The van der Waals surface area contributed by atoms with Gasteiger partial charge in [0.15, 0.2) is 11.5 Å². The van der Waals surface area contributed by atoms with Crippen LogP contribution in [0, 0.1) is 5.82 Å². The fourth-order valence-corrected chi connectivity index (χ4v) is 3.34. The molecule has 2 heterocycles. The van der Waals surface area contributed by atoms with Gasteiger partial charge in [-0.2, -0.15) is 0 Å². The largest absolute Gasteiger partial charge is 0.353 e. The van der Waals surface area contributed by atoms with Crippen LogP contribution in [0.5, 0.6) is 0 Å². The summed E-state index contributed by atoms with van der Waals surface area (Å²) >= 11 is 0. The van der Waals surface area contributed by atoms with E-state index in [4.69, 9.17) is 0 Å². The number of hydrogen-bond acceptors (Lipinski definition) is 5. The highest BCUT2D eigenvalue weighted by molar-refractivity contribution is 6.02. The average molecular weight is 391 g/mol. The van der Waals surface area contributed by atoms with Gasteiger partial charge in [-0.3, -0.25) is 9.69 Å². The number of rotatable bonds is 5. The number of benzene rings is 2. The van der Waals surface area contributed by atoms with E-state index >= 15 is 0 Å². The molecular weight excluding hydrogens is 369 g/mol. The van der Waals surface area contributed by atoms with Crippen LogP contribution in [0.2, 0.25) is 0 Å². The second kappa shape index (κ2) is 8.79. The maximum Gasteiger partial charge on any atom is 0.276 e. The summed E-state index contributed by atoms with van der Waals surface area (Å²) < 4.78 is 13.7. The molecule has 1 aromatic heterocycles. The first-order valence-corrected chi connectivity index (χ1v) is 9.60. The molecule has 2 aromatic carbocycles. The highest BCUT2D eigenvalue weighted by atomic mass is 19.1. The van der Waals surface area contributed by atoms with Crippen molar-refractivity contribution in [3.05, 3.63) is 83.8 Å². The summed E-state index contributed by atoms with van der Waals surface area (Å²) in [4.78, 5) is 16.8. The third kappa shape index (κ3) is 4.75. The van der Waals surface area contributed by atoms with Crippen LogP contribution in [-0.4, -0.2) is 47.2 Å². The van der Waals surface area contributed by atoms with Gasteiger partial charge in [0, 0.05) is 32.7 Å². The van der Waals surface area contributed by atoms with Gasteiger partial charge < -0.3 is 10.2 Å². The molecule has 148 valence electrons. The number of hydrogen-bond donors (Lipinski definition) is 1. The number of para-hydroxylation sites is 1. The molecule has 7 heteroatoms. The zero-order chi connectivity index (χ0) is 20.1. The monoisotopic (exact) mass is 391 g/mol. The van der Waals surface area contributed by atoms with E-state index in [9.17, 15) is 9.18 Å². The quantitative estimate of drug-likeness (QED) is 0.724. The first-order valence-electron chi connectivity index (χ1n) is 9.60. The van der Waals surface area contributed by atoms with Crippen LogP contribution in [0.15, 0.2) is 66.7 Å². The van der Waals surface area contributed by atoms with Crippen molar-refractivity contribution in [3.8, 4) is 0 Å². The second-order valence-electron chi connectivity index (χ2n) is 6.96. The lowest BCUT2D eigenvalue weighted by atomic mass is 10.2. The Hall–Kier alpha value is -3.32. The number of amides is 1. The van der Waals surface area contributed by atoms with Gasteiger partial charge >= 0.3 is 0 Å². The summed E-state index contributed by atoms with van der Waals surface area (Å²) in [6.45, 7) is 4.51. The SMILES string of the molecule is O=C(Nc1ccccc1F)c1ccc(N2CCN(Cc3ccccc3)CC2)nn1. The minimum atomic E-state index is -0.487. The van der Waals surface area contributed by atoms with Crippen molar-refractivity contribution in [1.29, 1.82) is 0 Å². The maximum atomic E-state index is 13.7. The Labute approximate surface area is 169 Å². The van der Waals surface area contributed by atoms with E-state index in [1.807, 2.05) is 6.07 Å². The molecule has 6 nitrogen and oxygen atoms in total. The molecule has 4 rings (SSSR count). The average Bonchev–Trinajstić information content (AvgIpc) is 2.77. The van der Waals surface area contributed by atoms with Gasteiger partial charge in [-0.1, -0.05) is 42.5 Å². The number of halogens is 1. The van der Waals surface area contributed by atoms with Gasteiger partial charge in [-0.05, 0) is 29.8 Å². The van der Waals surface area contributed by atoms with Gasteiger partial charge in [0.2, 0.25) is 0 Å². The standard InChI is InChI=1S/C22H22FN5O/c23-18-8-4-5-9-19(18)24-22(29)20-10-11-21(26-25-20)28-14-12-27(13-15-28)16-17-6-2-1-3-7-17/h1-11H,12-16H2,(H,24,29). The van der Waals surface area contributed by atoms with Crippen LogP contribution in [0.25, 0.3) is 0 Å². The van der Waals surface area contributed by atoms with Gasteiger partial charge in [0.05, 0.1) is 5.69 Å². The first kappa shape index (κ1) is 19.0. The van der Waals surface area contributed by atoms with Crippen molar-refractivity contribution in [2.45, 2.75) is 6.54 Å². The zero-order valence-electron chi connectivity index (χ0n) is 16.0. The molecule has 3 aromatic rings. The summed E-state index contributed by atoms with van der Waals surface area (Å²) in [5.74, 6) is -0.229. The molecule has 0 spiro atoms. The van der Waals surface area contributed by atoms with Gasteiger partial charge in [-0.25, -0.2) is 4.39 Å². The molecule has 1 amide bonds. The molecule has 1 aliphatic rings. The van der Waals surface area contributed by atoms with Crippen LogP contribution in [0.3, 0.4) is 0 Å². The molecule has 0 unspecified atom stereocenters. The smallest absolute Gasteiger partial charge is 0.276 e. The van der Waals surface area contributed by atoms with Crippen LogP contribution in [0.4, 0.5) is 15.9 Å². The molecule has 0 bridgehead atoms. The summed E-state index contributed by atoms with van der Waals surface area (Å²) in [6.07, 6.45) is 0. The first-order chi connectivity index (χ1) is 14.2. The Kier molecular flexibility index (Phi) is 5.76.